The fraction of sp³-hybridized carbons (Fsp3) is 0.524. The predicted molar refractivity (Wildman–Crippen MR) is 111 cm³/mol. The molecule has 1 aromatic rings. The van der Waals surface area contributed by atoms with Gasteiger partial charge in [-0.25, -0.2) is 0 Å². The molecule has 8 nitrogen and oxygen atoms in total. The van der Waals surface area contributed by atoms with Crippen LogP contribution in [0.4, 0.5) is 0 Å². The molecule has 0 amide bonds. The molecule has 0 aliphatic rings. The maximum atomic E-state index is 12.9. The summed E-state index contributed by atoms with van der Waals surface area (Å²) in [5.74, 6) is -9.35. The van der Waals surface area contributed by atoms with Crippen LogP contribution in [-0.4, -0.2) is 48.3 Å². The van der Waals surface area contributed by atoms with Crippen molar-refractivity contribution in [1.29, 1.82) is 0 Å². The molecule has 0 heterocycles. The molecule has 0 spiro atoms. The molecule has 0 fully saturated rings. The van der Waals surface area contributed by atoms with Gasteiger partial charge >= 0.3 is 23.9 Å². The minimum atomic E-state index is -1.81. The van der Waals surface area contributed by atoms with Crippen molar-refractivity contribution in [3.8, 4) is 0 Å². The number of halogens is 1. The smallest absolute Gasteiger partial charge is 0.321 e. The van der Waals surface area contributed by atoms with Crippen LogP contribution in [-0.2, 0) is 33.4 Å². The van der Waals surface area contributed by atoms with Gasteiger partial charge in [-0.2, -0.15) is 0 Å². The van der Waals surface area contributed by atoms with Gasteiger partial charge in [0, 0.05) is 10.4 Å². The van der Waals surface area contributed by atoms with E-state index in [1.807, 2.05) is 0 Å². The van der Waals surface area contributed by atoms with E-state index in [4.69, 9.17) is 14.2 Å². The summed E-state index contributed by atoms with van der Waals surface area (Å²) in [5, 5.41) is 9.81. The molecule has 4 atom stereocenters. The molecule has 0 saturated carbocycles. The van der Waals surface area contributed by atoms with Crippen LogP contribution in [0.2, 0.25) is 0 Å². The molecule has 1 aromatic carbocycles. The topological polar surface area (TPSA) is 116 Å². The van der Waals surface area contributed by atoms with E-state index in [0.717, 1.165) is 0 Å². The normalized spacial score (nSPS) is 14.7. The number of benzene rings is 1. The Morgan fingerprint density at radius 3 is 1.83 bits per heavy atom. The Labute approximate surface area is 184 Å². The van der Waals surface area contributed by atoms with Gasteiger partial charge in [-0.3, -0.25) is 19.2 Å². The summed E-state index contributed by atoms with van der Waals surface area (Å²) in [6, 6.07) is 6.31. The summed E-state index contributed by atoms with van der Waals surface area (Å²) in [6.45, 7) is 6.44. The Morgan fingerprint density at radius 2 is 1.40 bits per heavy atom. The first-order valence-corrected chi connectivity index (χ1v) is 10.5. The first-order chi connectivity index (χ1) is 14.2. The first-order valence-electron chi connectivity index (χ1n) is 9.69. The third-order valence-electron chi connectivity index (χ3n) is 4.47. The van der Waals surface area contributed by atoms with Crippen molar-refractivity contribution in [1.82, 2.24) is 0 Å². The van der Waals surface area contributed by atoms with E-state index >= 15 is 0 Å². The highest BCUT2D eigenvalue weighted by atomic mass is 79.9. The number of carboxylic acids is 1. The van der Waals surface area contributed by atoms with Crippen molar-refractivity contribution in [3.05, 3.63) is 34.3 Å². The second-order valence-corrected chi connectivity index (χ2v) is 7.45. The Bertz CT molecular complexity index is 746. The van der Waals surface area contributed by atoms with Gasteiger partial charge in [0.1, 0.15) is 0 Å². The number of carboxylic acid groups (broad SMARTS) is 1. The Hall–Kier alpha value is -2.42. The number of aliphatic carboxylic acids is 1. The molecular formula is C21H27BrO8. The standard InChI is InChI=1S/C21H27BrO8/c1-5-12(4)30-21(27)17(20(26)29-7-3)15(13-8-10-14(22)11-9-13)16(18(23)24)19(25)28-6-2/h8-12,15-17H,5-7H2,1-4H3,(H,23,24). The van der Waals surface area contributed by atoms with Gasteiger partial charge in [-0.1, -0.05) is 35.0 Å². The lowest BCUT2D eigenvalue weighted by atomic mass is 9.76. The molecular weight excluding hydrogens is 460 g/mol. The van der Waals surface area contributed by atoms with E-state index in [9.17, 15) is 24.3 Å². The molecule has 0 saturated heterocycles. The average molecular weight is 487 g/mol. The second kappa shape index (κ2) is 12.3. The van der Waals surface area contributed by atoms with E-state index in [1.54, 1.807) is 32.9 Å². The summed E-state index contributed by atoms with van der Waals surface area (Å²) >= 11 is 3.28. The quantitative estimate of drug-likeness (QED) is 0.287. The van der Waals surface area contributed by atoms with E-state index < -0.39 is 47.7 Å². The number of rotatable bonds is 11. The number of hydrogen-bond donors (Lipinski definition) is 1. The van der Waals surface area contributed by atoms with Crippen LogP contribution in [0.1, 0.15) is 45.6 Å². The fourth-order valence-electron chi connectivity index (χ4n) is 2.87. The Morgan fingerprint density at radius 1 is 0.900 bits per heavy atom. The predicted octanol–water partition coefficient (Wildman–Crippen LogP) is 3.32. The minimum absolute atomic E-state index is 0.0316. The third kappa shape index (κ3) is 6.83. The average Bonchev–Trinajstić information content (AvgIpc) is 2.68. The SMILES string of the molecule is CCOC(=O)C(C(=O)O)C(c1ccc(Br)cc1)C(C(=O)OCC)C(=O)OC(C)CC. The highest BCUT2D eigenvalue weighted by molar-refractivity contribution is 9.10. The highest BCUT2D eigenvalue weighted by Crippen LogP contribution is 2.36. The maximum absolute atomic E-state index is 12.9. The first kappa shape index (κ1) is 25.6. The van der Waals surface area contributed by atoms with Crippen LogP contribution in [0.15, 0.2) is 28.7 Å². The summed E-state index contributed by atoms with van der Waals surface area (Å²) in [5.41, 5.74) is 0.290. The van der Waals surface area contributed by atoms with E-state index in [-0.39, 0.29) is 18.8 Å². The van der Waals surface area contributed by atoms with Gasteiger partial charge in [0.15, 0.2) is 11.8 Å². The Kier molecular flexibility index (Phi) is 10.5. The van der Waals surface area contributed by atoms with Crippen molar-refractivity contribution in [2.24, 2.45) is 11.8 Å². The van der Waals surface area contributed by atoms with Crippen LogP contribution in [0.5, 0.6) is 0 Å². The number of esters is 3. The van der Waals surface area contributed by atoms with E-state index in [0.29, 0.717) is 10.9 Å². The lowest BCUT2D eigenvalue weighted by molar-refractivity contribution is -0.169. The van der Waals surface area contributed by atoms with Gasteiger partial charge in [0.05, 0.1) is 19.3 Å². The lowest BCUT2D eigenvalue weighted by Gasteiger charge is -2.29. The molecule has 1 N–H and O–H groups in total. The molecule has 0 aliphatic carbocycles. The van der Waals surface area contributed by atoms with E-state index in [2.05, 4.69) is 15.9 Å². The highest BCUT2D eigenvalue weighted by Gasteiger charge is 2.49. The molecule has 30 heavy (non-hydrogen) atoms. The molecule has 0 aromatic heterocycles. The number of carbonyl (C=O) groups excluding carboxylic acids is 3. The molecule has 166 valence electrons. The monoisotopic (exact) mass is 486 g/mol. The number of carbonyl (C=O) groups is 4. The molecule has 1 rings (SSSR count). The number of ether oxygens (including phenoxy) is 3. The van der Waals surface area contributed by atoms with Crippen LogP contribution in [0.25, 0.3) is 0 Å². The molecule has 0 radical (unpaired) electrons. The van der Waals surface area contributed by atoms with Crippen LogP contribution in [0.3, 0.4) is 0 Å². The van der Waals surface area contributed by atoms with Gasteiger partial charge in [0.25, 0.3) is 0 Å². The van der Waals surface area contributed by atoms with Gasteiger partial charge in [-0.15, -0.1) is 0 Å². The summed E-state index contributed by atoms with van der Waals surface area (Å²) in [4.78, 5) is 50.3. The zero-order valence-corrected chi connectivity index (χ0v) is 19.0. The van der Waals surface area contributed by atoms with Crippen LogP contribution >= 0.6 is 15.9 Å². The third-order valence-corrected chi connectivity index (χ3v) is 5.00. The molecule has 0 aliphatic heterocycles. The summed E-state index contributed by atoms with van der Waals surface area (Å²) in [7, 11) is 0. The maximum Gasteiger partial charge on any atom is 0.321 e. The summed E-state index contributed by atoms with van der Waals surface area (Å²) in [6.07, 6.45) is -0.0179. The summed E-state index contributed by atoms with van der Waals surface area (Å²) < 4.78 is 16.0. The van der Waals surface area contributed by atoms with Crippen LogP contribution in [0, 0.1) is 11.8 Å². The van der Waals surface area contributed by atoms with E-state index in [1.165, 1.54) is 19.1 Å². The molecule has 4 unspecified atom stereocenters. The van der Waals surface area contributed by atoms with Crippen molar-refractivity contribution >= 4 is 39.8 Å². The largest absolute Gasteiger partial charge is 0.481 e. The minimum Gasteiger partial charge on any atom is -0.481 e. The van der Waals surface area contributed by atoms with Crippen molar-refractivity contribution < 1.29 is 38.5 Å². The lowest BCUT2D eigenvalue weighted by Crippen LogP contribution is -2.43. The Balaban J connectivity index is 3.63. The zero-order chi connectivity index (χ0) is 22.8. The fourth-order valence-corrected chi connectivity index (χ4v) is 3.14. The van der Waals surface area contributed by atoms with Crippen molar-refractivity contribution in [2.45, 2.75) is 46.1 Å². The van der Waals surface area contributed by atoms with Crippen LogP contribution < -0.4 is 0 Å². The molecule has 0 bridgehead atoms. The zero-order valence-electron chi connectivity index (χ0n) is 17.4. The second-order valence-electron chi connectivity index (χ2n) is 6.53. The van der Waals surface area contributed by atoms with Gasteiger partial charge in [0.2, 0.25) is 0 Å². The van der Waals surface area contributed by atoms with Gasteiger partial charge < -0.3 is 19.3 Å². The van der Waals surface area contributed by atoms with Crippen molar-refractivity contribution in [3.63, 3.8) is 0 Å². The number of hydrogen-bond acceptors (Lipinski definition) is 7. The van der Waals surface area contributed by atoms with Gasteiger partial charge in [-0.05, 0) is 44.9 Å². The molecule has 9 heteroatoms. The van der Waals surface area contributed by atoms with Crippen molar-refractivity contribution in [2.75, 3.05) is 13.2 Å².